The van der Waals surface area contributed by atoms with Crippen LogP contribution < -0.4 is 5.56 Å². The molecule has 3 aromatic rings. The molecule has 0 spiro atoms. The van der Waals surface area contributed by atoms with Gasteiger partial charge in [0.2, 0.25) is 0 Å². The summed E-state index contributed by atoms with van der Waals surface area (Å²) in [5.41, 5.74) is 0.759. The molecule has 3 rings (SSSR count). The average molecular weight is 310 g/mol. The van der Waals surface area contributed by atoms with Gasteiger partial charge in [-0.1, -0.05) is 0 Å². The second-order valence-corrected chi connectivity index (χ2v) is 5.57. The number of rotatable bonds is 2. The molecule has 0 saturated heterocycles. The number of halogens is 2. The Labute approximate surface area is 121 Å². The SMILES string of the molecule is O=c1c2sccc2[nH]c(=S)n1Cc1cc(F)cc(F)c1. The molecule has 2 aromatic heterocycles. The topological polar surface area (TPSA) is 37.8 Å². The third-order valence-corrected chi connectivity index (χ3v) is 4.08. The van der Waals surface area contributed by atoms with Gasteiger partial charge in [-0.25, -0.2) is 8.78 Å². The molecule has 0 bridgehead atoms. The van der Waals surface area contributed by atoms with Crippen molar-refractivity contribution in [1.29, 1.82) is 0 Å². The van der Waals surface area contributed by atoms with E-state index in [4.69, 9.17) is 12.2 Å². The number of nitrogens with one attached hydrogen (secondary N) is 1. The van der Waals surface area contributed by atoms with Gasteiger partial charge in [-0.15, -0.1) is 11.3 Å². The maximum atomic E-state index is 13.2. The minimum atomic E-state index is -0.680. The van der Waals surface area contributed by atoms with Crippen molar-refractivity contribution in [3.8, 4) is 0 Å². The summed E-state index contributed by atoms with van der Waals surface area (Å²) in [5, 5.41) is 1.78. The summed E-state index contributed by atoms with van der Waals surface area (Å²) in [7, 11) is 0. The Morgan fingerprint density at radius 3 is 2.65 bits per heavy atom. The zero-order chi connectivity index (χ0) is 14.3. The van der Waals surface area contributed by atoms with Gasteiger partial charge in [0.05, 0.1) is 12.1 Å². The minimum Gasteiger partial charge on any atom is -0.331 e. The monoisotopic (exact) mass is 310 g/mol. The molecule has 0 radical (unpaired) electrons. The molecule has 0 aliphatic carbocycles. The van der Waals surface area contributed by atoms with E-state index in [1.807, 2.05) is 0 Å². The highest BCUT2D eigenvalue weighted by atomic mass is 32.1. The van der Waals surface area contributed by atoms with Crippen LogP contribution in [0, 0.1) is 16.4 Å². The molecule has 1 aromatic carbocycles. The van der Waals surface area contributed by atoms with E-state index in [0.717, 1.165) is 6.07 Å². The molecule has 7 heteroatoms. The summed E-state index contributed by atoms with van der Waals surface area (Å²) >= 11 is 6.42. The van der Waals surface area contributed by atoms with Crippen molar-refractivity contribution in [2.75, 3.05) is 0 Å². The summed E-state index contributed by atoms with van der Waals surface area (Å²) < 4.78 is 28.4. The van der Waals surface area contributed by atoms with Crippen LogP contribution in [0.1, 0.15) is 5.56 Å². The van der Waals surface area contributed by atoms with Crippen LogP contribution in [0.2, 0.25) is 0 Å². The predicted octanol–water partition coefficient (Wildman–Crippen LogP) is 3.45. The third-order valence-electron chi connectivity index (χ3n) is 2.85. The molecule has 1 N–H and O–H groups in total. The largest absolute Gasteiger partial charge is 0.331 e. The Morgan fingerprint density at radius 2 is 1.95 bits per heavy atom. The highest BCUT2D eigenvalue weighted by molar-refractivity contribution is 7.71. The standard InChI is InChI=1S/C13H8F2N2OS2/c14-8-3-7(4-9(15)5-8)6-17-12(18)11-10(1-2-20-11)16-13(17)19/h1-5H,6H2,(H,16,19). The summed E-state index contributed by atoms with van der Waals surface area (Å²) in [6.45, 7) is 0.0245. The van der Waals surface area contributed by atoms with Gasteiger partial charge in [0.1, 0.15) is 16.3 Å². The van der Waals surface area contributed by atoms with Crippen molar-refractivity contribution in [1.82, 2.24) is 9.55 Å². The number of aromatic amines is 1. The lowest BCUT2D eigenvalue weighted by atomic mass is 10.2. The number of hydrogen-bond donors (Lipinski definition) is 1. The lowest BCUT2D eigenvalue weighted by Crippen LogP contribution is -2.22. The lowest BCUT2D eigenvalue weighted by Gasteiger charge is -2.07. The van der Waals surface area contributed by atoms with Crippen LogP contribution in [-0.4, -0.2) is 9.55 Å². The number of H-pyrrole nitrogens is 1. The summed E-state index contributed by atoms with van der Waals surface area (Å²) in [4.78, 5) is 15.2. The van der Waals surface area contributed by atoms with E-state index in [2.05, 4.69) is 4.98 Å². The van der Waals surface area contributed by atoms with Crippen molar-refractivity contribution >= 4 is 33.8 Å². The van der Waals surface area contributed by atoms with Crippen molar-refractivity contribution in [3.63, 3.8) is 0 Å². The average Bonchev–Trinajstić information content (AvgIpc) is 2.81. The van der Waals surface area contributed by atoms with Gasteiger partial charge >= 0.3 is 0 Å². The maximum Gasteiger partial charge on any atom is 0.272 e. The van der Waals surface area contributed by atoms with Crippen LogP contribution in [0.3, 0.4) is 0 Å². The smallest absolute Gasteiger partial charge is 0.272 e. The second kappa shape index (κ2) is 4.92. The van der Waals surface area contributed by atoms with Crippen LogP contribution in [0.15, 0.2) is 34.4 Å². The van der Waals surface area contributed by atoms with E-state index >= 15 is 0 Å². The maximum absolute atomic E-state index is 13.2. The number of thiophene rings is 1. The van der Waals surface area contributed by atoms with Gasteiger partial charge in [0.25, 0.3) is 5.56 Å². The quantitative estimate of drug-likeness (QED) is 0.736. The van der Waals surface area contributed by atoms with E-state index in [0.29, 0.717) is 15.8 Å². The van der Waals surface area contributed by atoms with E-state index < -0.39 is 11.6 Å². The predicted molar refractivity (Wildman–Crippen MR) is 76.7 cm³/mol. The Balaban J connectivity index is 2.15. The second-order valence-electron chi connectivity index (χ2n) is 4.26. The van der Waals surface area contributed by atoms with Crippen LogP contribution in [0.4, 0.5) is 8.78 Å². The van der Waals surface area contributed by atoms with Crippen molar-refractivity contribution in [2.45, 2.75) is 6.54 Å². The molecule has 2 heterocycles. The molecule has 0 fully saturated rings. The first-order valence-electron chi connectivity index (χ1n) is 5.70. The molecule has 0 amide bonds. The zero-order valence-electron chi connectivity index (χ0n) is 10.0. The van der Waals surface area contributed by atoms with Crippen LogP contribution >= 0.6 is 23.6 Å². The van der Waals surface area contributed by atoms with E-state index in [1.54, 1.807) is 11.4 Å². The molecular weight excluding hydrogens is 302 g/mol. The lowest BCUT2D eigenvalue weighted by molar-refractivity contribution is 0.576. The van der Waals surface area contributed by atoms with Gasteiger partial charge in [0.15, 0.2) is 4.77 Å². The highest BCUT2D eigenvalue weighted by Crippen LogP contribution is 2.15. The molecule has 20 heavy (non-hydrogen) atoms. The number of aromatic nitrogens is 2. The van der Waals surface area contributed by atoms with Gasteiger partial charge in [0, 0.05) is 6.07 Å². The van der Waals surface area contributed by atoms with Crippen molar-refractivity contribution in [2.24, 2.45) is 0 Å². The van der Waals surface area contributed by atoms with E-state index in [1.165, 1.54) is 28.0 Å². The number of nitrogens with zero attached hydrogens (tertiary/aromatic N) is 1. The normalized spacial score (nSPS) is 11.1. The van der Waals surface area contributed by atoms with Crippen LogP contribution in [-0.2, 0) is 6.54 Å². The number of fused-ring (bicyclic) bond motifs is 1. The fourth-order valence-corrected chi connectivity index (χ4v) is 3.05. The molecule has 0 unspecified atom stereocenters. The Hall–Kier alpha value is -1.86. The van der Waals surface area contributed by atoms with Gasteiger partial charge in [-0.05, 0) is 41.4 Å². The Morgan fingerprint density at radius 1 is 1.25 bits per heavy atom. The fourth-order valence-electron chi connectivity index (χ4n) is 2.00. The summed E-state index contributed by atoms with van der Waals surface area (Å²) in [6, 6.07) is 4.92. The van der Waals surface area contributed by atoms with E-state index in [9.17, 15) is 13.6 Å². The fraction of sp³-hybridized carbons (Fsp3) is 0.0769. The molecule has 102 valence electrons. The first-order valence-corrected chi connectivity index (χ1v) is 6.98. The molecule has 0 saturated carbocycles. The van der Waals surface area contributed by atoms with Gasteiger partial charge in [-0.2, -0.15) is 0 Å². The zero-order valence-corrected chi connectivity index (χ0v) is 11.7. The first-order chi connectivity index (χ1) is 9.54. The van der Waals surface area contributed by atoms with Crippen molar-refractivity contribution < 1.29 is 8.78 Å². The minimum absolute atomic E-state index is 0.0245. The summed E-state index contributed by atoms with van der Waals surface area (Å²) in [5.74, 6) is -1.36. The first kappa shape index (κ1) is 13.1. The Kier molecular flexibility index (Phi) is 3.23. The van der Waals surface area contributed by atoms with Crippen LogP contribution in [0.25, 0.3) is 10.2 Å². The number of benzene rings is 1. The Bertz CT molecular complexity index is 890. The summed E-state index contributed by atoms with van der Waals surface area (Å²) in [6.07, 6.45) is 0. The van der Waals surface area contributed by atoms with E-state index in [-0.39, 0.29) is 16.9 Å². The van der Waals surface area contributed by atoms with Crippen LogP contribution in [0.5, 0.6) is 0 Å². The third kappa shape index (κ3) is 2.30. The molecule has 0 aliphatic rings. The molecule has 3 nitrogen and oxygen atoms in total. The van der Waals surface area contributed by atoms with Gasteiger partial charge in [-0.3, -0.25) is 9.36 Å². The molecule has 0 aliphatic heterocycles. The number of hydrogen-bond acceptors (Lipinski definition) is 3. The van der Waals surface area contributed by atoms with Crippen molar-refractivity contribution in [3.05, 3.63) is 62.0 Å². The van der Waals surface area contributed by atoms with Gasteiger partial charge < -0.3 is 4.98 Å². The molecular formula is C13H8F2N2OS2. The molecule has 0 atom stereocenters. The highest BCUT2D eigenvalue weighted by Gasteiger charge is 2.08.